The molecule has 0 atom stereocenters. The largest absolute Gasteiger partial charge is 0.493 e. The van der Waals surface area contributed by atoms with Crippen molar-refractivity contribution < 1.29 is 23.0 Å². The summed E-state index contributed by atoms with van der Waals surface area (Å²) >= 11 is 0. The van der Waals surface area contributed by atoms with Crippen LogP contribution in [0.5, 0.6) is 11.5 Å². The fourth-order valence-electron chi connectivity index (χ4n) is 1.69. The van der Waals surface area contributed by atoms with Crippen molar-refractivity contribution in [2.24, 2.45) is 5.41 Å². The van der Waals surface area contributed by atoms with E-state index in [-0.39, 0.29) is 22.9 Å². The maximum absolute atomic E-state index is 12.3. The molecule has 1 aromatic carbocycles. The Bertz CT molecular complexity index is 625. The zero-order valence-electron chi connectivity index (χ0n) is 12.8. The summed E-state index contributed by atoms with van der Waals surface area (Å²) in [7, 11) is 1.31. The minimum absolute atomic E-state index is 0.0166. The van der Waals surface area contributed by atoms with Gasteiger partial charge in [-0.05, 0) is 23.8 Å². The van der Waals surface area contributed by atoms with Crippen LogP contribution in [0.25, 0.3) is 6.08 Å². The fraction of sp³-hybridized carbons (Fsp3) is 0.375. The number of benzene rings is 1. The van der Waals surface area contributed by atoms with Crippen molar-refractivity contribution >= 4 is 11.9 Å². The molecule has 0 heterocycles. The van der Waals surface area contributed by atoms with Crippen molar-refractivity contribution in [3.63, 3.8) is 0 Å². The summed E-state index contributed by atoms with van der Waals surface area (Å²) in [4.78, 5) is 12.1. The highest BCUT2D eigenvalue weighted by atomic mass is 19.3. The van der Waals surface area contributed by atoms with Crippen LogP contribution >= 0.6 is 0 Å². The van der Waals surface area contributed by atoms with E-state index >= 15 is 0 Å². The van der Waals surface area contributed by atoms with Crippen molar-refractivity contribution in [2.45, 2.75) is 27.4 Å². The Morgan fingerprint density at radius 1 is 1.32 bits per heavy atom. The van der Waals surface area contributed by atoms with E-state index in [0.717, 1.165) is 0 Å². The Morgan fingerprint density at radius 2 is 1.95 bits per heavy atom. The van der Waals surface area contributed by atoms with Gasteiger partial charge in [0.15, 0.2) is 17.3 Å². The van der Waals surface area contributed by atoms with Crippen molar-refractivity contribution in [3.05, 3.63) is 29.3 Å². The van der Waals surface area contributed by atoms with Crippen molar-refractivity contribution in [1.29, 1.82) is 5.26 Å². The molecule has 22 heavy (non-hydrogen) atoms. The number of methoxy groups -OCH3 is 1. The lowest BCUT2D eigenvalue weighted by Gasteiger charge is -2.15. The van der Waals surface area contributed by atoms with Crippen molar-refractivity contribution in [1.82, 2.24) is 0 Å². The van der Waals surface area contributed by atoms with Gasteiger partial charge in [0.05, 0.1) is 12.7 Å². The first-order chi connectivity index (χ1) is 10.2. The van der Waals surface area contributed by atoms with Gasteiger partial charge in [0.25, 0.3) is 0 Å². The van der Waals surface area contributed by atoms with E-state index in [9.17, 15) is 13.6 Å². The minimum atomic E-state index is -2.97. The first-order valence-electron chi connectivity index (χ1n) is 6.48. The molecule has 0 unspecified atom stereocenters. The minimum Gasteiger partial charge on any atom is -0.493 e. The lowest BCUT2D eigenvalue weighted by Crippen LogP contribution is -2.21. The number of carbonyl (C=O) groups is 1. The van der Waals surface area contributed by atoms with Crippen LogP contribution < -0.4 is 9.47 Å². The third-order valence-corrected chi connectivity index (χ3v) is 2.76. The zero-order chi connectivity index (χ0) is 16.9. The van der Waals surface area contributed by atoms with E-state index in [1.54, 1.807) is 20.8 Å². The van der Waals surface area contributed by atoms with E-state index in [1.807, 2.05) is 6.07 Å². The number of Topliss-reactive ketones (excluding diaryl/α,β-unsaturated/α-hetero) is 1. The van der Waals surface area contributed by atoms with E-state index in [4.69, 9.17) is 10.00 Å². The average Bonchev–Trinajstić information content (AvgIpc) is 2.43. The molecule has 0 aliphatic carbocycles. The summed E-state index contributed by atoms with van der Waals surface area (Å²) in [6, 6.07) is 6.05. The highest BCUT2D eigenvalue weighted by Crippen LogP contribution is 2.30. The average molecular weight is 309 g/mol. The molecule has 0 aromatic heterocycles. The van der Waals surface area contributed by atoms with Crippen LogP contribution in [0.3, 0.4) is 0 Å². The quantitative estimate of drug-likeness (QED) is 0.613. The van der Waals surface area contributed by atoms with Gasteiger partial charge in [0.1, 0.15) is 6.07 Å². The van der Waals surface area contributed by atoms with Gasteiger partial charge < -0.3 is 9.47 Å². The molecule has 1 aromatic rings. The molecule has 0 fully saturated rings. The Labute approximate surface area is 128 Å². The van der Waals surface area contributed by atoms with Gasteiger partial charge in [0.2, 0.25) is 0 Å². The lowest BCUT2D eigenvalue weighted by atomic mass is 9.86. The Morgan fingerprint density at radius 3 is 2.41 bits per heavy atom. The number of nitrogens with zero attached hydrogens (tertiary/aromatic N) is 1. The summed E-state index contributed by atoms with van der Waals surface area (Å²) in [5.74, 6) is -0.327. The molecule has 6 heteroatoms. The van der Waals surface area contributed by atoms with Gasteiger partial charge in [-0.15, -0.1) is 0 Å². The smallest absolute Gasteiger partial charge is 0.387 e. The molecule has 1 rings (SSSR count). The van der Waals surface area contributed by atoms with Crippen molar-refractivity contribution in [3.8, 4) is 17.6 Å². The highest BCUT2D eigenvalue weighted by molar-refractivity contribution is 6.06. The summed E-state index contributed by atoms with van der Waals surface area (Å²) in [6.07, 6.45) is 1.39. The molecule has 0 radical (unpaired) electrons. The Kier molecular flexibility index (Phi) is 5.63. The van der Waals surface area contributed by atoms with Gasteiger partial charge in [-0.3, -0.25) is 4.79 Å². The number of nitriles is 1. The number of alkyl halides is 2. The number of allylic oxidation sites excluding steroid dienone is 1. The lowest BCUT2D eigenvalue weighted by molar-refractivity contribution is -0.121. The van der Waals surface area contributed by atoms with Gasteiger partial charge in [-0.2, -0.15) is 14.0 Å². The van der Waals surface area contributed by atoms with Gasteiger partial charge in [-0.25, -0.2) is 0 Å². The molecule has 0 bridgehead atoms. The summed E-state index contributed by atoms with van der Waals surface area (Å²) < 4.78 is 33.8. The van der Waals surface area contributed by atoms with E-state index in [2.05, 4.69) is 4.74 Å². The van der Waals surface area contributed by atoms with Gasteiger partial charge >= 0.3 is 6.61 Å². The summed E-state index contributed by atoms with van der Waals surface area (Å²) in [5.41, 5.74) is -0.227. The maximum Gasteiger partial charge on any atom is 0.387 e. The van der Waals surface area contributed by atoms with Crippen LogP contribution in [-0.4, -0.2) is 19.5 Å². The highest BCUT2D eigenvalue weighted by Gasteiger charge is 2.25. The van der Waals surface area contributed by atoms with Crippen molar-refractivity contribution in [2.75, 3.05) is 7.11 Å². The fourth-order valence-corrected chi connectivity index (χ4v) is 1.69. The SMILES string of the molecule is COc1cc(/C=C(\C#N)C(=O)C(C)(C)C)ccc1OC(F)F. The van der Waals surface area contributed by atoms with Crippen LogP contribution in [0.4, 0.5) is 8.78 Å². The topological polar surface area (TPSA) is 59.3 Å². The third-order valence-electron chi connectivity index (χ3n) is 2.76. The molecule has 118 valence electrons. The van der Waals surface area contributed by atoms with Crippen LogP contribution in [0, 0.1) is 16.7 Å². The maximum atomic E-state index is 12.3. The monoisotopic (exact) mass is 309 g/mol. The molecule has 0 saturated carbocycles. The second-order valence-electron chi connectivity index (χ2n) is 5.54. The first kappa shape index (κ1) is 17.6. The predicted molar refractivity (Wildman–Crippen MR) is 77.7 cm³/mol. The molecule has 0 amide bonds. The molecule has 0 aliphatic heterocycles. The molecular weight excluding hydrogens is 292 g/mol. The second kappa shape index (κ2) is 7.03. The van der Waals surface area contributed by atoms with Crippen LogP contribution in [0.2, 0.25) is 0 Å². The number of carbonyl (C=O) groups excluding carboxylic acids is 1. The molecule has 4 nitrogen and oxygen atoms in total. The Balaban J connectivity index is 3.19. The Hall–Kier alpha value is -2.42. The number of hydrogen-bond acceptors (Lipinski definition) is 4. The molecule has 0 spiro atoms. The molecule has 0 N–H and O–H groups in total. The molecule has 0 saturated heterocycles. The molecular formula is C16H17F2NO3. The van der Waals surface area contributed by atoms with E-state index in [1.165, 1.54) is 31.4 Å². The summed E-state index contributed by atoms with van der Waals surface area (Å²) in [6.45, 7) is 2.16. The number of halogens is 2. The number of ether oxygens (including phenoxy) is 2. The van der Waals surface area contributed by atoms with Crippen LogP contribution in [-0.2, 0) is 4.79 Å². The second-order valence-corrected chi connectivity index (χ2v) is 5.54. The normalized spacial score (nSPS) is 12.0. The zero-order valence-corrected chi connectivity index (χ0v) is 12.8. The number of rotatable bonds is 5. The van der Waals surface area contributed by atoms with Gasteiger partial charge in [-0.1, -0.05) is 26.8 Å². The predicted octanol–water partition coefficient (Wildman–Crippen LogP) is 3.82. The number of hydrogen-bond donors (Lipinski definition) is 0. The summed E-state index contributed by atoms with van der Waals surface area (Å²) in [5, 5.41) is 9.13. The van der Waals surface area contributed by atoms with Crippen LogP contribution in [0.1, 0.15) is 26.3 Å². The molecule has 0 aliphatic rings. The third kappa shape index (κ3) is 4.55. The van der Waals surface area contributed by atoms with E-state index in [0.29, 0.717) is 5.56 Å². The van der Waals surface area contributed by atoms with Gasteiger partial charge in [0, 0.05) is 5.41 Å². The first-order valence-corrected chi connectivity index (χ1v) is 6.48. The van der Waals surface area contributed by atoms with Crippen LogP contribution in [0.15, 0.2) is 23.8 Å². The van der Waals surface area contributed by atoms with E-state index < -0.39 is 12.0 Å². The standard InChI is InChI=1S/C16H17F2NO3/c1-16(2,3)14(20)11(9-19)7-10-5-6-12(22-15(17)18)13(8-10)21-4/h5-8,15H,1-4H3/b11-7+. The number of ketones is 1.